The van der Waals surface area contributed by atoms with Crippen LogP contribution in [0.3, 0.4) is 0 Å². The molecule has 0 bridgehead atoms. The van der Waals surface area contributed by atoms with Crippen molar-refractivity contribution >= 4 is 17.5 Å². The van der Waals surface area contributed by atoms with Gasteiger partial charge in [-0.2, -0.15) is 4.68 Å². The highest BCUT2D eigenvalue weighted by molar-refractivity contribution is 7.98. The first-order chi connectivity index (χ1) is 11.7. The number of imidazole rings is 1. The first kappa shape index (κ1) is 14.8. The fraction of sp³-hybridized carbons (Fsp3) is 0.188. The van der Waals surface area contributed by atoms with Gasteiger partial charge >= 0.3 is 0 Å². The number of hydrogen-bond donors (Lipinski definition) is 0. The predicted octanol–water partition coefficient (Wildman–Crippen LogP) is 2.61. The SMILES string of the molecule is Cc1cccc(C)c1-n1nnnc1SCc1cn2cccnc2n1. The van der Waals surface area contributed by atoms with Gasteiger partial charge in [0.15, 0.2) is 0 Å². The largest absolute Gasteiger partial charge is 0.291 e. The summed E-state index contributed by atoms with van der Waals surface area (Å²) in [5.74, 6) is 1.37. The zero-order valence-electron chi connectivity index (χ0n) is 13.3. The maximum absolute atomic E-state index is 4.50. The summed E-state index contributed by atoms with van der Waals surface area (Å²) >= 11 is 1.56. The molecule has 7 nitrogen and oxygen atoms in total. The van der Waals surface area contributed by atoms with Crippen molar-refractivity contribution in [1.29, 1.82) is 0 Å². The fourth-order valence-corrected chi connectivity index (χ4v) is 3.40. The van der Waals surface area contributed by atoms with Crippen LogP contribution in [0, 0.1) is 13.8 Å². The standard InChI is InChI=1S/C16H15N7S/c1-11-5-3-6-12(2)14(11)23-16(19-20-21-23)24-10-13-9-22-8-4-7-17-15(22)18-13/h3-9H,10H2,1-2H3. The summed E-state index contributed by atoms with van der Waals surface area (Å²) in [7, 11) is 0. The molecule has 0 amide bonds. The summed E-state index contributed by atoms with van der Waals surface area (Å²) in [6, 6.07) is 8.04. The Hall–Kier alpha value is -2.74. The zero-order chi connectivity index (χ0) is 16.5. The van der Waals surface area contributed by atoms with Crippen LogP contribution in [0.25, 0.3) is 11.5 Å². The first-order valence-corrected chi connectivity index (χ1v) is 8.47. The Labute approximate surface area is 142 Å². The number of aromatic nitrogens is 7. The van der Waals surface area contributed by atoms with E-state index in [0.717, 1.165) is 27.7 Å². The van der Waals surface area contributed by atoms with Gasteiger partial charge in [0.2, 0.25) is 10.9 Å². The monoisotopic (exact) mass is 337 g/mol. The molecule has 4 rings (SSSR count). The van der Waals surface area contributed by atoms with E-state index in [1.165, 1.54) is 0 Å². The van der Waals surface area contributed by atoms with Gasteiger partial charge in [-0.3, -0.25) is 4.40 Å². The minimum atomic E-state index is 0.675. The van der Waals surface area contributed by atoms with Crippen LogP contribution in [0.15, 0.2) is 48.0 Å². The summed E-state index contributed by atoms with van der Waals surface area (Å²) in [5, 5.41) is 12.9. The zero-order valence-corrected chi connectivity index (χ0v) is 14.1. The minimum absolute atomic E-state index is 0.675. The number of rotatable bonds is 4. The third-order valence-electron chi connectivity index (χ3n) is 3.73. The summed E-state index contributed by atoms with van der Waals surface area (Å²) in [4.78, 5) is 8.74. The van der Waals surface area contributed by atoms with E-state index < -0.39 is 0 Å². The number of hydrogen-bond acceptors (Lipinski definition) is 6. The molecule has 0 atom stereocenters. The van der Waals surface area contributed by atoms with E-state index in [-0.39, 0.29) is 0 Å². The lowest BCUT2D eigenvalue weighted by atomic mass is 10.1. The van der Waals surface area contributed by atoms with Crippen molar-refractivity contribution in [1.82, 2.24) is 34.6 Å². The van der Waals surface area contributed by atoms with Gasteiger partial charge in [0.1, 0.15) is 0 Å². The van der Waals surface area contributed by atoms with Gasteiger partial charge in [0.05, 0.1) is 11.4 Å². The van der Waals surface area contributed by atoms with Crippen LogP contribution in [0.2, 0.25) is 0 Å². The Balaban J connectivity index is 1.61. The first-order valence-electron chi connectivity index (χ1n) is 7.49. The summed E-state index contributed by atoms with van der Waals surface area (Å²) in [5.41, 5.74) is 4.25. The maximum atomic E-state index is 4.50. The highest BCUT2D eigenvalue weighted by Gasteiger charge is 2.14. The maximum Gasteiger partial charge on any atom is 0.233 e. The average molecular weight is 337 g/mol. The van der Waals surface area contributed by atoms with Gasteiger partial charge in [0, 0.05) is 24.3 Å². The molecule has 24 heavy (non-hydrogen) atoms. The van der Waals surface area contributed by atoms with Crippen molar-refractivity contribution in [3.63, 3.8) is 0 Å². The second-order valence-corrected chi connectivity index (χ2v) is 6.40. The number of para-hydroxylation sites is 1. The molecule has 0 aliphatic rings. The number of nitrogens with zero attached hydrogens (tertiary/aromatic N) is 7. The second-order valence-electron chi connectivity index (χ2n) is 5.46. The molecule has 4 aromatic rings. The second kappa shape index (κ2) is 6.04. The molecule has 1 aromatic carbocycles. The summed E-state index contributed by atoms with van der Waals surface area (Å²) in [6.45, 7) is 4.12. The van der Waals surface area contributed by atoms with Crippen LogP contribution >= 0.6 is 11.8 Å². The summed E-state index contributed by atoms with van der Waals surface area (Å²) < 4.78 is 3.70. The van der Waals surface area contributed by atoms with E-state index in [4.69, 9.17) is 0 Å². The Morgan fingerprint density at radius 2 is 1.96 bits per heavy atom. The number of tetrazole rings is 1. The molecule has 0 saturated carbocycles. The van der Waals surface area contributed by atoms with E-state index in [9.17, 15) is 0 Å². The lowest BCUT2D eigenvalue weighted by Gasteiger charge is -2.10. The quantitative estimate of drug-likeness (QED) is 0.533. The van der Waals surface area contributed by atoms with E-state index in [0.29, 0.717) is 11.5 Å². The highest BCUT2D eigenvalue weighted by Crippen LogP contribution is 2.25. The molecular weight excluding hydrogens is 322 g/mol. The van der Waals surface area contributed by atoms with Gasteiger partial charge in [-0.15, -0.1) is 5.10 Å². The molecular formula is C16H15N7S. The number of thioether (sulfide) groups is 1. The molecule has 3 aromatic heterocycles. The molecule has 0 radical (unpaired) electrons. The molecule has 0 fully saturated rings. The Kier molecular flexibility index (Phi) is 3.73. The molecule has 8 heteroatoms. The van der Waals surface area contributed by atoms with Crippen molar-refractivity contribution < 1.29 is 0 Å². The fourth-order valence-electron chi connectivity index (χ4n) is 2.64. The normalized spacial score (nSPS) is 11.2. The Bertz CT molecular complexity index is 951. The molecule has 0 saturated heterocycles. The molecule has 120 valence electrons. The van der Waals surface area contributed by atoms with Crippen LogP contribution in [0.5, 0.6) is 0 Å². The third-order valence-corrected chi connectivity index (χ3v) is 4.68. The van der Waals surface area contributed by atoms with E-state index in [2.05, 4.69) is 51.5 Å². The molecule has 0 unspecified atom stereocenters. The van der Waals surface area contributed by atoms with E-state index >= 15 is 0 Å². The molecule has 0 aliphatic carbocycles. The van der Waals surface area contributed by atoms with Crippen LogP contribution in [0.1, 0.15) is 16.8 Å². The Morgan fingerprint density at radius 3 is 2.75 bits per heavy atom. The van der Waals surface area contributed by atoms with Gasteiger partial charge in [-0.25, -0.2) is 9.97 Å². The lowest BCUT2D eigenvalue weighted by Crippen LogP contribution is -2.04. The van der Waals surface area contributed by atoms with Gasteiger partial charge in [-0.05, 0) is 41.5 Å². The number of aryl methyl sites for hydroxylation is 2. The summed E-state index contributed by atoms with van der Waals surface area (Å²) in [6.07, 6.45) is 5.65. The van der Waals surface area contributed by atoms with Crippen LogP contribution in [-0.2, 0) is 5.75 Å². The van der Waals surface area contributed by atoms with E-state index in [1.54, 1.807) is 22.6 Å². The molecule has 0 spiro atoms. The van der Waals surface area contributed by atoms with Crippen molar-refractivity contribution in [2.24, 2.45) is 0 Å². The molecule has 0 aliphatic heterocycles. The average Bonchev–Trinajstić information content (AvgIpc) is 3.19. The topological polar surface area (TPSA) is 73.8 Å². The van der Waals surface area contributed by atoms with E-state index in [1.807, 2.05) is 28.9 Å². The Morgan fingerprint density at radius 1 is 1.12 bits per heavy atom. The predicted molar refractivity (Wildman–Crippen MR) is 91.2 cm³/mol. The van der Waals surface area contributed by atoms with Gasteiger partial charge < -0.3 is 0 Å². The van der Waals surface area contributed by atoms with Gasteiger partial charge in [-0.1, -0.05) is 30.0 Å². The number of fused-ring (bicyclic) bond motifs is 1. The minimum Gasteiger partial charge on any atom is -0.291 e. The molecule has 0 N–H and O–H groups in total. The smallest absolute Gasteiger partial charge is 0.233 e. The van der Waals surface area contributed by atoms with Crippen LogP contribution in [-0.4, -0.2) is 34.6 Å². The van der Waals surface area contributed by atoms with Gasteiger partial charge in [0.25, 0.3) is 0 Å². The van der Waals surface area contributed by atoms with Crippen LogP contribution in [0.4, 0.5) is 0 Å². The molecule has 3 heterocycles. The van der Waals surface area contributed by atoms with Crippen molar-refractivity contribution in [3.8, 4) is 5.69 Å². The number of benzene rings is 1. The van der Waals surface area contributed by atoms with Crippen molar-refractivity contribution in [3.05, 3.63) is 59.7 Å². The van der Waals surface area contributed by atoms with Crippen molar-refractivity contribution in [2.75, 3.05) is 0 Å². The van der Waals surface area contributed by atoms with Crippen LogP contribution < -0.4 is 0 Å². The van der Waals surface area contributed by atoms with Crippen molar-refractivity contribution in [2.45, 2.75) is 24.8 Å². The lowest BCUT2D eigenvalue weighted by molar-refractivity contribution is 0.747. The third kappa shape index (κ3) is 2.65. The highest BCUT2D eigenvalue weighted by atomic mass is 32.2.